The largest absolute Gasteiger partial charge is 0.492 e. The number of halogens is 2. The average Bonchev–Trinajstić information content (AvgIpc) is 2.27. The SMILES string of the molecule is C=CCCCOc1c(Cl)cc(Cl)cc1CNC. The minimum Gasteiger partial charge on any atom is -0.492 e. The van der Waals surface area contributed by atoms with E-state index in [1.807, 2.05) is 19.2 Å². The van der Waals surface area contributed by atoms with Crippen LogP contribution in [-0.4, -0.2) is 13.7 Å². The van der Waals surface area contributed by atoms with E-state index in [-0.39, 0.29) is 0 Å². The number of nitrogens with one attached hydrogen (secondary N) is 1. The first-order valence-electron chi connectivity index (χ1n) is 5.55. The van der Waals surface area contributed by atoms with Crippen LogP contribution in [0, 0.1) is 0 Å². The maximum atomic E-state index is 6.13. The summed E-state index contributed by atoms with van der Waals surface area (Å²) < 4.78 is 5.70. The molecule has 2 nitrogen and oxygen atoms in total. The third kappa shape index (κ3) is 4.58. The van der Waals surface area contributed by atoms with Crippen LogP contribution in [0.2, 0.25) is 10.0 Å². The number of hydrogen-bond acceptors (Lipinski definition) is 2. The Balaban J connectivity index is 2.76. The minimum atomic E-state index is 0.557. The third-order valence-corrected chi connectivity index (χ3v) is 2.75. The molecular formula is C13H17Cl2NO. The molecule has 0 atom stereocenters. The Morgan fingerprint density at radius 1 is 1.41 bits per heavy atom. The van der Waals surface area contributed by atoms with Crippen molar-refractivity contribution in [3.63, 3.8) is 0 Å². The first kappa shape index (κ1) is 14.4. The van der Waals surface area contributed by atoms with E-state index in [2.05, 4.69) is 11.9 Å². The van der Waals surface area contributed by atoms with Crippen LogP contribution in [-0.2, 0) is 6.54 Å². The molecule has 1 N–H and O–H groups in total. The molecule has 94 valence electrons. The normalized spacial score (nSPS) is 10.3. The third-order valence-electron chi connectivity index (χ3n) is 2.25. The Hall–Kier alpha value is -0.700. The van der Waals surface area contributed by atoms with E-state index in [4.69, 9.17) is 27.9 Å². The van der Waals surface area contributed by atoms with E-state index in [0.717, 1.165) is 24.2 Å². The molecule has 0 saturated heterocycles. The Bertz CT molecular complexity index is 380. The van der Waals surface area contributed by atoms with Crippen LogP contribution in [0.15, 0.2) is 24.8 Å². The van der Waals surface area contributed by atoms with E-state index in [1.165, 1.54) is 0 Å². The monoisotopic (exact) mass is 273 g/mol. The van der Waals surface area contributed by atoms with Crippen LogP contribution < -0.4 is 10.1 Å². The van der Waals surface area contributed by atoms with Gasteiger partial charge in [0.1, 0.15) is 5.75 Å². The van der Waals surface area contributed by atoms with Crippen molar-refractivity contribution in [3.8, 4) is 5.75 Å². The van der Waals surface area contributed by atoms with Gasteiger partial charge in [-0.15, -0.1) is 6.58 Å². The van der Waals surface area contributed by atoms with Crippen molar-refractivity contribution in [3.05, 3.63) is 40.4 Å². The second kappa shape index (κ2) is 7.59. The highest BCUT2D eigenvalue weighted by Crippen LogP contribution is 2.32. The quantitative estimate of drug-likeness (QED) is 0.598. The maximum Gasteiger partial charge on any atom is 0.142 e. The number of ether oxygens (including phenoxy) is 1. The van der Waals surface area contributed by atoms with Crippen LogP contribution in [0.4, 0.5) is 0 Å². The zero-order chi connectivity index (χ0) is 12.7. The zero-order valence-electron chi connectivity index (χ0n) is 9.93. The number of rotatable bonds is 7. The van der Waals surface area contributed by atoms with E-state index in [0.29, 0.717) is 23.2 Å². The van der Waals surface area contributed by atoms with Crippen LogP contribution in [0.3, 0.4) is 0 Å². The summed E-state index contributed by atoms with van der Waals surface area (Å²) >= 11 is 12.1. The molecule has 0 aromatic heterocycles. The molecule has 0 spiro atoms. The summed E-state index contributed by atoms with van der Waals surface area (Å²) in [7, 11) is 1.87. The number of hydrogen-bond donors (Lipinski definition) is 1. The van der Waals surface area contributed by atoms with Gasteiger partial charge in [0.25, 0.3) is 0 Å². The van der Waals surface area contributed by atoms with Gasteiger partial charge < -0.3 is 10.1 Å². The lowest BCUT2D eigenvalue weighted by atomic mass is 10.2. The lowest BCUT2D eigenvalue weighted by Gasteiger charge is -2.13. The fraction of sp³-hybridized carbons (Fsp3) is 0.385. The molecule has 4 heteroatoms. The van der Waals surface area contributed by atoms with E-state index in [9.17, 15) is 0 Å². The highest BCUT2D eigenvalue weighted by Gasteiger charge is 2.09. The molecule has 0 saturated carbocycles. The van der Waals surface area contributed by atoms with Gasteiger partial charge >= 0.3 is 0 Å². The first-order valence-corrected chi connectivity index (χ1v) is 6.30. The molecule has 17 heavy (non-hydrogen) atoms. The van der Waals surface area contributed by atoms with Gasteiger partial charge in [-0.3, -0.25) is 0 Å². The molecule has 1 aromatic rings. The molecule has 0 bridgehead atoms. The number of benzene rings is 1. The van der Waals surface area contributed by atoms with Crippen molar-refractivity contribution in [2.24, 2.45) is 0 Å². The van der Waals surface area contributed by atoms with E-state index < -0.39 is 0 Å². The molecule has 0 aliphatic rings. The minimum absolute atomic E-state index is 0.557. The molecular weight excluding hydrogens is 257 g/mol. The Morgan fingerprint density at radius 2 is 2.18 bits per heavy atom. The van der Waals surface area contributed by atoms with Crippen LogP contribution in [0.5, 0.6) is 5.75 Å². The van der Waals surface area contributed by atoms with E-state index >= 15 is 0 Å². The van der Waals surface area contributed by atoms with Gasteiger partial charge in [-0.1, -0.05) is 29.3 Å². The molecule has 0 aliphatic heterocycles. The summed E-state index contributed by atoms with van der Waals surface area (Å²) in [5.41, 5.74) is 0.976. The summed E-state index contributed by atoms with van der Waals surface area (Å²) in [4.78, 5) is 0. The molecule has 0 unspecified atom stereocenters. The van der Waals surface area contributed by atoms with Gasteiger partial charge in [-0.05, 0) is 32.0 Å². The van der Waals surface area contributed by atoms with Gasteiger partial charge in [0.15, 0.2) is 0 Å². The maximum absolute atomic E-state index is 6.13. The summed E-state index contributed by atoms with van der Waals surface area (Å²) in [6.07, 6.45) is 3.75. The van der Waals surface area contributed by atoms with Crippen LogP contribution >= 0.6 is 23.2 Å². The van der Waals surface area contributed by atoms with Crippen molar-refractivity contribution >= 4 is 23.2 Å². The van der Waals surface area contributed by atoms with Crippen LogP contribution in [0.1, 0.15) is 18.4 Å². The van der Waals surface area contributed by atoms with E-state index in [1.54, 1.807) is 6.07 Å². The summed E-state index contributed by atoms with van der Waals surface area (Å²) in [6.45, 7) is 4.98. The van der Waals surface area contributed by atoms with Gasteiger partial charge in [0.2, 0.25) is 0 Å². The van der Waals surface area contributed by atoms with Crippen molar-refractivity contribution in [1.29, 1.82) is 0 Å². The van der Waals surface area contributed by atoms with Crippen molar-refractivity contribution < 1.29 is 4.74 Å². The predicted molar refractivity (Wildman–Crippen MR) is 74.2 cm³/mol. The molecule has 0 heterocycles. The topological polar surface area (TPSA) is 21.3 Å². The fourth-order valence-electron chi connectivity index (χ4n) is 1.50. The molecule has 1 rings (SSSR count). The Morgan fingerprint density at radius 3 is 2.82 bits per heavy atom. The lowest BCUT2D eigenvalue weighted by molar-refractivity contribution is 0.308. The summed E-state index contributed by atoms with van der Waals surface area (Å²) in [5, 5.41) is 4.25. The highest BCUT2D eigenvalue weighted by molar-refractivity contribution is 6.35. The predicted octanol–water partition coefficient (Wildman–Crippen LogP) is 4.06. The van der Waals surface area contributed by atoms with Crippen molar-refractivity contribution in [2.75, 3.05) is 13.7 Å². The number of unbranched alkanes of at least 4 members (excludes halogenated alkanes) is 1. The van der Waals surface area contributed by atoms with Gasteiger partial charge in [0, 0.05) is 17.1 Å². The average molecular weight is 274 g/mol. The fourth-order valence-corrected chi connectivity index (χ4v) is 2.09. The standard InChI is InChI=1S/C13H17Cl2NO/c1-3-4-5-6-17-13-10(9-16-2)7-11(14)8-12(13)15/h3,7-8,16H,1,4-6,9H2,2H3. The molecule has 1 aromatic carbocycles. The Kier molecular flexibility index (Phi) is 6.41. The van der Waals surface area contributed by atoms with Crippen molar-refractivity contribution in [1.82, 2.24) is 5.32 Å². The second-order valence-corrected chi connectivity index (χ2v) is 4.53. The van der Waals surface area contributed by atoms with Gasteiger partial charge in [-0.25, -0.2) is 0 Å². The van der Waals surface area contributed by atoms with Gasteiger partial charge in [-0.2, -0.15) is 0 Å². The lowest BCUT2D eigenvalue weighted by Crippen LogP contribution is -2.08. The molecule has 0 fully saturated rings. The first-order chi connectivity index (χ1) is 8.19. The summed E-state index contributed by atoms with van der Waals surface area (Å²) in [5.74, 6) is 0.717. The molecule has 0 amide bonds. The Labute approximate surface area is 113 Å². The van der Waals surface area contributed by atoms with Crippen LogP contribution in [0.25, 0.3) is 0 Å². The number of allylic oxidation sites excluding steroid dienone is 1. The highest BCUT2D eigenvalue weighted by atomic mass is 35.5. The molecule has 0 radical (unpaired) electrons. The molecule has 0 aliphatic carbocycles. The zero-order valence-corrected chi connectivity index (χ0v) is 11.4. The summed E-state index contributed by atoms with van der Waals surface area (Å²) in [6, 6.07) is 3.57. The van der Waals surface area contributed by atoms with Gasteiger partial charge in [0.05, 0.1) is 11.6 Å². The smallest absolute Gasteiger partial charge is 0.142 e. The van der Waals surface area contributed by atoms with Crippen molar-refractivity contribution in [2.45, 2.75) is 19.4 Å². The second-order valence-electron chi connectivity index (χ2n) is 3.69.